The van der Waals surface area contributed by atoms with Crippen LogP contribution in [0, 0.1) is 0 Å². The number of fused-ring (bicyclic) bond motifs is 1. The van der Waals surface area contributed by atoms with Crippen LogP contribution in [0.5, 0.6) is 11.5 Å². The number of halogens is 1. The highest BCUT2D eigenvalue weighted by atomic mass is 79.9. The van der Waals surface area contributed by atoms with Gasteiger partial charge in [0.1, 0.15) is 0 Å². The average Bonchev–Trinajstić information content (AvgIpc) is 3.38. The number of nitrogens with zero attached hydrogens (tertiary/aromatic N) is 4. The lowest BCUT2D eigenvalue weighted by atomic mass is 10.0. The Bertz CT molecular complexity index is 851. The summed E-state index contributed by atoms with van der Waals surface area (Å²) in [6.07, 6.45) is 5.20. The number of hydrogen-bond acceptors (Lipinski definition) is 4. The molecule has 2 aliphatic rings. The fourth-order valence-electron chi connectivity index (χ4n) is 3.58. The second kappa shape index (κ2) is 7.80. The van der Waals surface area contributed by atoms with Gasteiger partial charge in [-0.1, -0.05) is 0 Å². The molecule has 1 fully saturated rings. The summed E-state index contributed by atoms with van der Waals surface area (Å²) in [6.45, 7) is 5.76. The van der Waals surface area contributed by atoms with E-state index in [2.05, 4.69) is 44.4 Å². The molecule has 27 heavy (non-hydrogen) atoms. The first-order valence-electron chi connectivity index (χ1n) is 9.24. The van der Waals surface area contributed by atoms with Gasteiger partial charge < -0.3 is 19.7 Å². The fraction of sp³-hybridized carbons (Fsp3) is 0.474. The third-order valence-corrected chi connectivity index (χ3v) is 5.51. The van der Waals surface area contributed by atoms with Crippen LogP contribution in [0.15, 0.2) is 34.0 Å². The van der Waals surface area contributed by atoms with Crippen molar-refractivity contribution in [3.05, 3.63) is 40.1 Å². The van der Waals surface area contributed by atoms with Gasteiger partial charge in [0.05, 0.1) is 17.2 Å². The standard InChI is InChI=1S/C19H24BrN5O2/c1-3-21-19(25-5-4-14(11-25)15-9-23-24(2)10-15)22-8-13-6-16(20)18-17(7-13)26-12-27-18/h6-7,9-10,14H,3-5,8,11-12H2,1-2H3,(H,21,22). The molecule has 1 saturated heterocycles. The van der Waals surface area contributed by atoms with Gasteiger partial charge in [0, 0.05) is 38.8 Å². The maximum atomic E-state index is 5.50. The van der Waals surface area contributed by atoms with Crippen molar-refractivity contribution < 1.29 is 9.47 Å². The average molecular weight is 434 g/mol. The summed E-state index contributed by atoms with van der Waals surface area (Å²) in [6, 6.07) is 4.05. The molecule has 1 aromatic heterocycles. The smallest absolute Gasteiger partial charge is 0.231 e. The van der Waals surface area contributed by atoms with E-state index in [1.54, 1.807) is 0 Å². The maximum absolute atomic E-state index is 5.50. The molecule has 144 valence electrons. The lowest BCUT2D eigenvalue weighted by Gasteiger charge is -2.21. The Morgan fingerprint density at radius 1 is 1.41 bits per heavy atom. The molecular formula is C19H24BrN5O2. The van der Waals surface area contributed by atoms with Gasteiger partial charge in [-0.15, -0.1) is 0 Å². The zero-order chi connectivity index (χ0) is 18.8. The van der Waals surface area contributed by atoms with Crippen LogP contribution in [0.1, 0.15) is 30.4 Å². The van der Waals surface area contributed by atoms with E-state index in [1.165, 1.54) is 5.56 Å². The molecule has 0 spiro atoms. The van der Waals surface area contributed by atoms with Gasteiger partial charge in [-0.3, -0.25) is 4.68 Å². The fourth-order valence-corrected chi connectivity index (χ4v) is 4.18. The number of aromatic nitrogens is 2. The highest BCUT2D eigenvalue weighted by Gasteiger charge is 2.27. The van der Waals surface area contributed by atoms with Gasteiger partial charge in [-0.2, -0.15) is 5.10 Å². The van der Waals surface area contributed by atoms with E-state index in [-0.39, 0.29) is 6.79 Å². The Morgan fingerprint density at radius 3 is 3.07 bits per heavy atom. The number of guanidine groups is 1. The van der Waals surface area contributed by atoms with Crippen LogP contribution >= 0.6 is 15.9 Å². The Balaban J connectivity index is 1.47. The van der Waals surface area contributed by atoms with Crippen LogP contribution in [0.4, 0.5) is 0 Å². The largest absolute Gasteiger partial charge is 0.454 e. The number of aliphatic imine (C=N–C) groups is 1. The van der Waals surface area contributed by atoms with Crippen LogP contribution in [0.3, 0.4) is 0 Å². The predicted molar refractivity (Wildman–Crippen MR) is 107 cm³/mol. The van der Waals surface area contributed by atoms with Crippen molar-refractivity contribution in [1.29, 1.82) is 0 Å². The Hall–Kier alpha value is -2.22. The molecule has 1 N–H and O–H groups in total. The molecule has 2 aliphatic heterocycles. The predicted octanol–water partition coefficient (Wildman–Crippen LogP) is 2.87. The van der Waals surface area contributed by atoms with Gasteiger partial charge in [0.25, 0.3) is 0 Å². The molecule has 7 nitrogen and oxygen atoms in total. The van der Waals surface area contributed by atoms with Gasteiger partial charge in [-0.05, 0) is 52.5 Å². The highest BCUT2D eigenvalue weighted by molar-refractivity contribution is 9.10. The minimum Gasteiger partial charge on any atom is -0.454 e. The molecule has 0 bridgehead atoms. The van der Waals surface area contributed by atoms with E-state index in [1.807, 2.05) is 30.1 Å². The molecule has 4 rings (SSSR count). The third kappa shape index (κ3) is 3.90. The minimum absolute atomic E-state index is 0.271. The SMILES string of the molecule is CCNC(=NCc1cc(Br)c2c(c1)OCO2)N1CCC(c2cnn(C)c2)C1. The Labute approximate surface area is 167 Å². The summed E-state index contributed by atoms with van der Waals surface area (Å²) in [4.78, 5) is 7.20. The van der Waals surface area contributed by atoms with Crippen LogP contribution in [0.2, 0.25) is 0 Å². The maximum Gasteiger partial charge on any atom is 0.231 e. The Morgan fingerprint density at radius 2 is 2.30 bits per heavy atom. The van der Waals surface area contributed by atoms with Crippen molar-refractivity contribution in [2.24, 2.45) is 12.0 Å². The van der Waals surface area contributed by atoms with E-state index in [4.69, 9.17) is 14.5 Å². The Kier molecular flexibility index (Phi) is 5.24. The number of hydrogen-bond donors (Lipinski definition) is 1. The van der Waals surface area contributed by atoms with E-state index in [0.29, 0.717) is 12.5 Å². The van der Waals surface area contributed by atoms with Gasteiger partial charge in [-0.25, -0.2) is 4.99 Å². The first kappa shape index (κ1) is 18.2. The van der Waals surface area contributed by atoms with E-state index >= 15 is 0 Å². The highest BCUT2D eigenvalue weighted by Crippen LogP contribution is 2.40. The van der Waals surface area contributed by atoms with Crippen LogP contribution in [0.25, 0.3) is 0 Å². The molecule has 3 heterocycles. The molecule has 0 saturated carbocycles. The molecule has 1 aromatic carbocycles. The van der Waals surface area contributed by atoms with E-state index in [9.17, 15) is 0 Å². The topological polar surface area (TPSA) is 63.9 Å². The molecule has 0 amide bonds. The zero-order valence-electron chi connectivity index (χ0n) is 15.6. The molecule has 1 unspecified atom stereocenters. The summed E-state index contributed by atoms with van der Waals surface area (Å²) >= 11 is 3.55. The molecule has 2 aromatic rings. The monoisotopic (exact) mass is 433 g/mol. The number of benzene rings is 1. The second-order valence-corrected chi connectivity index (χ2v) is 7.71. The van der Waals surface area contributed by atoms with Crippen molar-refractivity contribution in [2.45, 2.75) is 25.8 Å². The van der Waals surface area contributed by atoms with Crippen LogP contribution < -0.4 is 14.8 Å². The first-order chi connectivity index (χ1) is 13.1. The number of likely N-dealkylation sites (tertiary alicyclic amines) is 1. The van der Waals surface area contributed by atoms with Gasteiger partial charge >= 0.3 is 0 Å². The van der Waals surface area contributed by atoms with Crippen molar-refractivity contribution in [1.82, 2.24) is 20.0 Å². The summed E-state index contributed by atoms with van der Waals surface area (Å²) < 4.78 is 13.7. The molecule has 8 heteroatoms. The number of nitrogens with one attached hydrogen (secondary N) is 1. The number of aryl methyl sites for hydroxylation is 1. The third-order valence-electron chi connectivity index (χ3n) is 4.92. The summed E-state index contributed by atoms with van der Waals surface area (Å²) in [5, 5.41) is 7.73. The summed E-state index contributed by atoms with van der Waals surface area (Å²) in [7, 11) is 1.96. The normalized spacial score (nSPS) is 19.0. The lowest BCUT2D eigenvalue weighted by Crippen LogP contribution is -2.40. The summed E-state index contributed by atoms with van der Waals surface area (Å²) in [5.74, 6) is 3.01. The lowest BCUT2D eigenvalue weighted by molar-refractivity contribution is 0.173. The van der Waals surface area contributed by atoms with Crippen molar-refractivity contribution in [3.63, 3.8) is 0 Å². The molecule has 0 aliphatic carbocycles. The second-order valence-electron chi connectivity index (χ2n) is 6.86. The minimum atomic E-state index is 0.271. The molecule has 0 radical (unpaired) electrons. The molecule has 1 atom stereocenters. The van der Waals surface area contributed by atoms with Crippen LogP contribution in [-0.4, -0.2) is 47.1 Å². The zero-order valence-corrected chi connectivity index (χ0v) is 17.2. The van der Waals surface area contributed by atoms with Crippen molar-refractivity contribution in [3.8, 4) is 11.5 Å². The summed E-state index contributed by atoms with van der Waals surface area (Å²) in [5.41, 5.74) is 2.39. The van der Waals surface area contributed by atoms with E-state index in [0.717, 1.165) is 53.5 Å². The number of ether oxygens (including phenoxy) is 2. The first-order valence-corrected chi connectivity index (χ1v) is 10.0. The quantitative estimate of drug-likeness (QED) is 0.593. The van der Waals surface area contributed by atoms with Gasteiger partial charge in [0.2, 0.25) is 6.79 Å². The van der Waals surface area contributed by atoms with Crippen LogP contribution in [-0.2, 0) is 13.6 Å². The van der Waals surface area contributed by atoms with Crippen molar-refractivity contribution >= 4 is 21.9 Å². The number of rotatable bonds is 4. The van der Waals surface area contributed by atoms with E-state index < -0.39 is 0 Å². The molecular weight excluding hydrogens is 410 g/mol. The van der Waals surface area contributed by atoms with Crippen molar-refractivity contribution in [2.75, 3.05) is 26.4 Å². The van der Waals surface area contributed by atoms with Gasteiger partial charge in [0.15, 0.2) is 17.5 Å².